The molecule has 0 N–H and O–H groups in total. The minimum absolute atomic E-state index is 0.103. The van der Waals surface area contributed by atoms with Crippen LogP contribution >= 0.6 is 35.0 Å². The second-order valence-electron chi connectivity index (χ2n) is 5.77. The van der Waals surface area contributed by atoms with E-state index in [2.05, 4.69) is 10.2 Å². The predicted molar refractivity (Wildman–Crippen MR) is 104 cm³/mol. The van der Waals surface area contributed by atoms with E-state index in [-0.39, 0.29) is 18.3 Å². The number of carbonyl (C=O) groups excluding carboxylic acids is 1. The lowest BCUT2D eigenvalue weighted by Crippen LogP contribution is -2.04. The zero-order chi connectivity index (χ0) is 19.0. The number of nitrogens with zero attached hydrogens (tertiary/aromatic N) is 3. The minimum Gasteiger partial charge on any atom is -0.454 e. The van der Waals surface area contributed by atoms with E-state index in [9.17, 15) is 4.79 Å². The third-order valence-corrected chi connectivity index (χ3v) is 5.60. The number of ketones is 1. The summed E-state index contributed by atoms with van der Waals surface area (Å²) in [5, 5.41) is 9.88. The standard InChI is InChI=1S/C18H13Cl2N3O3S/c1-23-17(10-2-5-15-16(6-10)26-9-25-15)21-22-18(23)27-8-14(24)12-4-3-11(19)7-13(12)20/h2-7H,8-9H2,1H3. The number of fused-ring (bicyclic) bond motifs is 1. The van der Waals surface area contributed by atoms with Crippen molar-refractivity contribution < 1.29 is 14.3 Å². The highest BCUT2D eigenvalue weighted by Gasteiger charge is 2.18. The molecule has 1 aliphatic rings. The van der Waals surface area contributed by atoms with Crippen LogP contribution < -0.4 is 9.47 Å². The zero-order valence-corrected chi connectivity index (χ0v) is 16.4. The summed E-state index contributed by atoms with van der Waals surface area (Å²) in [6, 6.07) is 10.4. The van der Waals surface area contributed by atoms with Crippen molar-refractivity contribution in [1.29, 1.82) is 0 Å². The first-order chi connectivity index (χ1) is 13.0. The Morgan fingerprint density at radius 1 is 1.15 bits per heavy atom. The van der Waals surface area contributed by atoms with Crippen molar-refractivity contribution in [3.63, 3.8) is 0 Å². The van der Waals surface area contributed by atoms with Gasteiger partial charge in [0.1, 0.15) is 0 Å². The molecule has 0 spiro atoms. The largest absolute Gasteiger partial charge is 0.454 e. The van der Waals surface area contributed by atoms with Gasteiger partial charge in [0.15, 0.2) is 28.3 Å². The molecule has 0 fully saturated rings. The Morgan fingerprint density at radius 2 is 1.96 bits per heavy atom. The molecule has 4 rings (SSSR count). The zero-order valence-electron chi connectivity index (χ0n) is 14.1. The summed E-state index contributed by atoms with van der Waals surface area (Å²) in [5.41, 5.74) is 1.29. The molecule has 6 nitrogen and oxygen atoms in total. The molecule has 9 heteroatoms. The van der Waals surface area contributed by atoms with Crippen molar-refractivity contribution in [1.82, 2.24) is 14.8 Å². The van der Waals surface area contributed by atoms with Gasteiger partial charge in [0.05, 0.1) is 10.8 Å². The Balaban J connectivity index is 1.50. The maximum atomic E-state index is 12.4. The fourth-order valence-corrected chi connectivity index (χ4v) is 3.96. The van der Waals surface area contributed by atoms with Crippen LogP contribution in [0.5, 0.6) is 11.5 Å². The summed E-state index contributed by atoms with van der Waals surface area (Å²) >= 11 is 13.3. The molecule has 138 valence electrons. The van der Waals surface area contributed by atoms with Crippen molar-refractivity contribution in [3.8, 4) is 22.9 Å². The molecule has 0 bridgehead atoms. The third-order valence-electron chi connectivity index (χ3n) is 4.03. The summed E-state index contributed by atoms with van der Waals surface area (Å²) in [7, 11) is 1.85. The summed E-state index contributed by atoms with van der Waals surface area (Å²) in [6.07, 6.45) is 0. The molecule has 27 heavy (non-hydrogen) atoms. The van der Waals surface area contributed by atoms with Crippen LogP contribution in [0.3, 0.4) is 0 Å². The molecule has 1 aliphatic heterocycles. The molecule has 0 aliphatic carbocycles. The molecule has 0 atom stereocenters. The summed E-state index contributed by atoms with van der Waals surface area (Å²) in [4.78, 5) is 12.4. The number of halogens is 2. The molecule has 0 saturated carbocycles. The van der Waals surface area contributed by atoms with E-state index in [1.807, 2.05) is 29.8 Å². The number of Topliss-reactive ketones (excluding diaryl/α,β-unsaturated/α-hetero) is 1. The van der Waals surface area contributed by atoms with E-state index < -0.39 is 0 Å². The highest BCUT2D eigenvalue weighted by atomic mass is 35.5. The molecule has 0 amide bonds. The van der Waals surface area contributed by atoms with Crippen LogP contribution in [0.25, 0.3) is 11.4 Å². The number of hydrogen-bond acceptors (Lipinski definition) is 6. The van der Waals surface area contributed by atoms with E-state index in [1.165, 1.54) is 11.8 Å². The SMILES string of the molecule is Cn1c(SCC(=O)c2ccc(Cl)cc2Cl)nnc1-c1ccc2c(c1)OCO2. The van der Waals surface area contributed by atoms with Gasteiger partial charge in [-0.3, -0.25) is 4.79 Å². The smallest absolute Gasteiger partial charge is 0.231 e. The van der Waals surface area contributed by atoms with Crippen molar-refractivity contribution in [2.45, 2.75) is 5.16 Å². The molecule has 0 saturated heterocycles. The molecule has 2 aromatic carbocycles. The lowest BCUT2D eigenvalue weighted by Gasteiger charge is -2.06. The van der Waals surface area contributed by atoms with Crippen molar-refractivity contribution in [3.05, 3.63) is 52.0 Å². The lowest BCUT2D eigenvalue weighted by atomic mass is 10.1. The van der Waals surface area contributed by atoms with Crippen molar-refractivity contribution >= 4 is 40.7 Å². The Morgan fingerprint density at radius 3 is 2.78 bits per heavy atom. The van der Waals surface area contributed by atoms with Crippen LogP contribution in [0.2, 0.25) is 10.0 Å². The van der Waals surface area contributed by atoms with Gasteiger partial charge >= 0.3 is 0 Å². The highest BCUT2D eigenvalue weighted by molar-refractivity contribution is 7.99. The van der Waals surface area contributed by atoms with Crippen LogP contribution in [-0.2, 0) is 7.05 Å². The maximum Gasteiger partial charge on any atom is 0.231 e. The average Bonchev–Trinajstić information content (AvgIpc) is 3.25. The number of carbonyl (C=O) groups is 1. The Hall–Kier alpha value is -2.22. The van der Waals surface area contributed by atoms with Gasteiger partial charge in [0.2, 0.25) is 6.79 Å². The summed E-state index contributed by atoms with van der Waals surface area (Å²) in [5.74, 6) is 2.15. The number of ether oxygens (including phenoxy) is 2. The van der Waals surface area contributed by atoms with Gasteiger partial charge in [-0.25, -0.2) is 0 Å². The number of thioether (sulfide) groups is 1. The Bertz CT molecular complexity index is 1040. The van der Waals surface area contributed by atoms with Gasteiger partial charge in [-0.1, -0.05) is 35.0 Å². The monoisotopic (exact) mass is 421 g/mol. The van der Waals surface area contributed by atoms with Gasteiger partial charge in [-0.05, 0) is 36.4 Å². The predicted octanol–water partition coefficient (Wildman–Crippen LogP) is 4.49. The second kappa shape index (κ2) is 7.42. The highest BCUT2D eigenvalue weighted by Crippen LogP contribution is 2.36. The van der Waals surface area contributed by atoms with E-state index in [1.54, 1.807) is 18.2 Å². The first-order valence-corrected chi connectivity index (χ1v) is 9.67. The number of hydrogen-bond donors (Lipinski definition) is 0. The van der Waals surface area contributed by atoms with Crippen LogP contribution in [0.15, 0.2) is 41.6 Å². The van der Waals surface area contributed by atoms with Gasteiger partial charge in [0, 0.05) is 23.2 Å². The topological polar surface area (TPSA) is 66.2 Å². The molecular formula is C18H13Cl2N3O3S. The average molecular weight is 422 g/mol. The molecule has 1 aromatic heterocycles. The van der Waals surface area contributed by atoms with Crippen LogP contribution in [0.1, 0.15) is 10.4 Å². The Labute approximate surface area is 169 Å². The number of rotatable bonds is 5. The molecule has 0 radical (unpaired) electrons. The molecular weight excluding hydrogens is 409 g/mol. The van der Waals surface area contributed by atoms with Gasteiger partial charge in [-0.15, -0.1) is 10.2 Å². The summed E-state index contributed by atoms with van der Waals surface area (Å²) < 4.78 is 12.6. The van der Waals surface area contributed by atoms with Gasteiger partial charge in [0.25, 0.3) is 0 Å². The first-order valence-electron chi connectivity index (χ1n) is 7.93. The fraction of sp³-hybridized carbons (Fsp3) is 0.167. The minimum atomic E-state index is -0.103. The normalized spacial score (nSPS) is 12.4. The van der Waals surface area contributed by atoms with Crippen LogP contribution in [0.4, 0.5) is 0 Å². The second-order valence-corrected chi connectivity index (χ2v) is 7.56. The van der Waals surface area contributed by atoms with E-state index in [0.717, 1.165) is 5.56 Å². The first kappa shape index (κ1) is 18.2. The maximum absolute atomic E-state index is 12.4. The van der Waals surface area contributed by atoms with Gasteiger partial charge < -0.3 is 14.0 Å². The molecule has 0 unspecified atom stereocenters. The van der Waals surface area contributed by atoms with Crippen molar-refractivity contribution in [2.24, 2.45) is 7.05 Å². The number of aromatic nitrogens is 3. The summed E-state index contributed by atoms with van der Waals surface area (Å²) in [6.45, 7) is 0.216. The Kier molecular flexibility index (Phi) is 4.99. The molecule has 3 aromatic rings. The lowest BCUT2D eigenvalue weighted by molar-refractivity contribution is 0.102. The third kappa shape index (κ3) is 3.63. The van der Waals surface area contributed by atoms with Gasteiger partial charge in [-0.2, -0.15) is 0 Å². The van der Waals surface area contributed by atoms with E-state index in [4.69, 9.17) is 32.7 Å². The van der Waals surface area contributed by atoms with Crippen LogP contribution in [-0.4, -0.2) is 33.1 Å². The quantitative estimate of drug-likeness (QED) is 0.446. The van der Waals surface area contributed by atoms with E-state index >= 15 is 0 Å². The number of benzene rings is 2. The van der Waals surface area contributed by atoms with Crippen LogP contribution in [0, 0.1) is 0 Å². The van der Waals surface area contributed by atoms with E-state index in [0.29, 0.717) is 38.1 Å². The fourth-order valence-electron chi connectivity index (χ4n) is 2.65. The van der Waals surface area contributed by atoms with Crippen molar-refractivity contribution in [2.75, 3.05) is 12.5 Å². The molecule has 2 heterocycles.